The van der Waals surface area contributed by atoms with Crippen molar-refractivity contribution in [1.29, 1.82) is 0 Å². The van der Waals surface area contributed by atoms with Gasteiger partial charge in [0, 0.05) is 53.4 Å². The van der Waals surface area contributed by atoms with Gasteiger partial charge in [-0.15, -0.1) is 0 Å². The van der Waals surface area contributed by atoms with Gasteiger partial charge >= 0.3 is 0 Å². The van der Waals surface area contributed by atoms with Gasteiger partial charge in [-0.3, -0.25) is 9.59 Å². The smallest absolute Gasteiger partial charge is 0.238 e. The Morgan fingerprint density at radius 2 is 1.93 bits per heavy atom. The summed E-state index contributed by atoms with van der Waals surface area (Å²) in [5.41, 5.74) is -0.135. The molecule has 0 saturated carbocycles. The van der Waals surface area contributed by atoms with Crippen molar-refractivity contribution in [3.05, 3.63) is 64.2 Å². The van der Waals surface area contributed by atoms with Gasteiger partial charge in [-0.05, 0) is 67.9 Å². The van der Waals surface area contributed by atoms with Crippen molar-refractivity contribution in [2.45, 2.75) is 83.0 Å². The zero-order valence-electron chi connectivity index (χ0n) is 25.8. The predicted octanol–water partition coefficient (Wildman–Crippen LogP) is 5.48. The van der Waals surface area contributed by atoms with E-state index in [1.165, 1.54) is 6.08 Å². The van der Waals surface area contributed by atoms with Crippen molar-refractivity contribution < 1.29 is 19.1 Å². The average Bonchev–Trinajstić information content (AvgIpc) is 3.37. The van der Waals surface area contributed by atoms with Crippen LogP contribution in [0.2, 0.25) is 5.02 Å². The number of hydrogen-bond donors (Lipinski definition) is 4. The molecule has 0 unspecified atom stereocenters. The number of amides is 2. The van der Waals surface area contributed by atoms with Crippen LogP contribution in [0.4, 0.5) is 10.1 Å². The van der Waals surface area contributed by atoms with Crippen molar-refractivity contribution >= 4 is 40.7 Å². The number of aliphatic hydroxyl groups is 1. The summed E-state index contributed by atoms with van der Waals surface area (Å²) in [5.74, 6) is -1.05. The number of rotatable bonds is 9. The fourth-order valence-electron chi connectivity index (χ4n) is 6.97. The highest BCUT2D eigenvalue weighted by molar-refractivity contribution is 6.31. The predicted molar refractivity (Wildman–Crippen MR) is 172 cm³/mol. The lowest BCUT2D eigenvalue weighted by atomic mass is 9.62. The fourth-order valence-corrected chi connectivity index (χ4v) is 7.22. The molecular weight excluding hydrogens is 590 g/mol. The minimum atomic E-state index is -1.14. The summed E-state index contributed by atoms with van der Waals surface area (Å²) in [4.78, 5) is 30.6. The summed E-state index contributed by atoms with van der Waals surface area (Å²) < 4.78 is 13.0. The summed E-state index contributed by atoms with van der Waals surface area (Å²) in [5, 5.41) is 20.7. The number of nitrogens with one attached hydrogen (secondary N) is 3. The number of fused-ring (bicyclic) bond motifs is 2. The molecule has 0 bridgehead atoms. The van der Waals surface area contributed by atoms with E-state index in [1.807, 2.05) is 6.07 Å². The van der Waals surface area contributed by atoms with E-state index < -0.39 is 29.7 Å². The highest BCUT2D eigenvalue weighted by atomic mass is 35.5. The van der Waals surface area contributed by atoms with Crippen LogP contribution in [0.15, 0.2) is 53.6 Å². The van der Waals surface area contributed by atoms with Crippen LogP contribution in [-0.2, 0) is 15.0 Å². The second-order valence-corrected chi connectivity index (χ2v) is 14.9. The number of β-amino-alcohol motifs (C(OH)–C–C–N with tert-alkyl or cyclic N) is 1. The first-order valence-electron chi connectivity index (χ1n) is 15.0. The number of carbonyl (C=O) groups excluding carboxylic acids is 2. The number of benzene rings is 1. The fraction of sp³-hybridized carbons (Fsp3) is 0.576. The molecule has 7 nitrogen and oxygen atoms in total. The molecule has 4 rings (SSSR count). The Morgan fingerprint density at radius 3 is 2.53 bits per heavy atom. The number of halogens is 3. The number of nitrogens with zero attached hydrogens (tertiary/aromatic N) is 1. The Balaban J connectivity index is 1.71. The third-order valence-electron chi connectivity index (χ3n) is 8.56. The SMILES string of the molecule is C=C(/C=C\C=C(\Cl)CF)[C@H]1[C@H](C(=O)NC2CCN(CC(C)(C)O)CC2)N[C@H](CC(C)(C)C)[C@]12C(=O)Nc1cc(Cl)ccc12. The number of hydrogen-bond acceptors (Lipinski definition) is 5. The number of allylic oxidation sites excluding steroid dienone is 4. The summed E-state index contributed by atoms with van der Waals surface area (Å²) >= 11 is 12.2. The topological polar surface area (TPSA) is 93.7 Å². The lowest BCUT2D eigenvalue weighted by molar-refractivity contribution is -0.125. The van der Waals surface area contributed by atoms with Gasteiger partial charge in [0.05, 0.1) is 11.6 Å². The van der Waals surface area contributed by atoms with Crippen LogP contribution in [0.25, 0.3) is 0 Å². The van der Waals surface area contributed by atoms with Gasteiger partial charge < -0.3 is 26.0 Å². The summed E-state index contributed by atoms with van der Waals surface area (Å²) in [6.45, 7) is 15.6. The Hall–Kier alpha value is -2.23. The summed E-state index contributed by atoms with van der Waals surface area (Å²) in [6.07, 6.45) is 6.90. The molecule has 0 aliphatic carbocycles. The van der Waals surface area contributed by atoms with Crippen LogP contribution in [0.5, 0.6) is 0 Å². The van der Waals surface area contributed by atoms with Crippen molar-refractivity contribution in [3.63, 3.8) is 0 Å². The molecule has 2 amide bonds. The van der Waals surface area contributed by atoms with Crippen LogP contribution >= 0.6 is 23.2 Å². The van der Waals surface area contributed by atoms with E-state index in [4.69, 9.17) is 23.2 Å². The lowest BCUT2D eigenvalue weighted by Crippen LogP contribution is -2.53. The Labute approximate surface area is 264 Å². The minimum Gasteiger partial charge on any atom is -0.389 e. The summed E-state index contributed by atoms with van der Waals surface area (Å²) in [7, 11) is 0. The molecule has 3 heterocycles. The third-order valence-corrected chi connectivity index (χ3v) is 9.03. The molecule has 1 spiro atoms. The molecule has 1 aromatic rings. The Morgan fingerprint density at radius 1 is 1.26 bits per heavy atom. The van der Waals surface area contributed by atoms with E-state index >= 15 is 0 Å². The van der Waals surface area contributed by atoms with Gasteiger partial charge in [-0.2, -0.15) is 0 Å². The van der Waals surface area contributed by atoms with Gasteiger partial charge in [-0.25, -0.2) is 4.39 Å². The first-order valence-corrected chi connectivity index (χ1v) is 15.7. The van der Waals surface area contributed by atoms with E-state index in [1.54, 1.807) is 38.1 Å². The molecule has 0 radical (unpaired) electrons. The first-order chi connectivity index (χ1) is 20.0. The number of piperidine rings is 1. The van der Waals surface area contributed by atoms with Gasteiger partial charge in [0.1, 0.15) is 12.1 Å². The van der Waals surface area contributed by atoms with Gasteiger partial charge in [0.25, 0.3) is 0 Å². The van der Waals surface area contributed by atoms with E-state index in [0.717, 1.165) is 31.5 Å². The maximum absolute atomic E-state index is 14.2. The number of likely N-dealkylation sites (tertiary alicyclic amines) is 1. The average molecular weight is 636 g/mol. The monoisotopic (exact) mass is 634 g/mol. The van der Waals surface area contributed by atoms with E-state index in [2.05, 4.69) is 48.2 Å². The van der Waals surface area contributed by atoms with Gasteiger partial charge in [0.15, 0.2) is 0 Å². The van der Waals surface area contributed by atoms with Crippen LogP contribution in [-0.4, -0.2) is 71.9 Å². The first kappa shape index (κ1) is 33.7. The highest BCUT2D eigenvalue weighted by Gasteiger charge is 2.65. The van der Waals surface area contributed by atoms with Crippen molar-refractivity contribution in [2.24, 2.45) is 11.3 Å². The number of alkyl halides is 1. The zero-order valence-corrected chi connectivity index (χ0v) is 27.3. The number of anilines is 1. The molecule has 1 aromatic carbocycles. The van der Waals surface area contributed by atoms with E-state index in [9.17, 15) is 19.1 Å². The normalized spacial score (nSPS) is 27.1. The van der Waals surface area contributed by atoms with Crippen LogP contribution in [0.1, 0.15) is 59.4 Å². The van der Waals surface area contributed by atoms with Crippen LogP contribution in [0, 0.1) is 11.3 Å². The molecule has 3 aliphatic heterocycles. The van der Waals surface area contributed by atoms with Crippen molar-refractivity contribution in [2.75, 3.05) is 31.6 Å². The van der Waals surface area contributed by atoms with Gasteiger partial charge in [-0.1, -0.05) is 68.8 Å². The Bertz CT molecular complexity index is 1290. The number of carbonyl (C=O) groups is 2. The molecule has 2 fully saturated rings. The lowest BCUT2D eigenvalue weighted by Gasteiger charge is -2.38. The summed E-state index contributed by atoms with van der Waals surface area (Å²) in [6, 6.07) is 4.20. The maximum atomic E-state index is 14.2. The molecule has 236 valence electrons. The molecular formula is C33H45Cl2FN4O3. The second-order valence-electron chi connectivity index (χ2n) is 14.0. The molecule has 2 saturated heterocycles. The molecule has 43 heavy (non-hydrogen) atoms. The quantitative estimate of drug-likeness (QED) is 0.270. The maximum Gasteiger partial charge on any atom is 0.238 e. The van der Waals surface area contributed by atoms with Gasteiger partial charge in [0.2, 0.25) is 11.8 Å². The second kappa shape index (κ2) is 13.0. The van der Waals surface area contributed by atoms with Crippen molar-refractivity contribution in [1.82, 2.24) is 15.5 Å². The largest absolute Gasteiger partial charge is 0.389 e. The molecule has 10 heteroatoms. The van der Waals surface area contributed by atoms with E-state index in [0.29, 0.717) is 29.2 Å². The molecule has 4 N–H and O–H groups in total. The molecule has 4 atom stereocenters. The molecule has 0 aromatic heterocycles. The third kappa shape index (κ3) is 7.54. The minimum absolute atomic E-state index is 0.0378. The van der Waals surface area contributed by atoms with Crippen LogP contribution < -0.4 is 16.0 Å². The molecule has 3 aliphatic rings. The zero-order chi connectivity index (χ0) is 31.7. The van der Waals surface area contributed by atoms with E-state index in [-0.39, 0.29) is 34.3 Å². The van der Waals surface area contributed by atoms with Crippen molar-refractivity contribution in [3.8, 4) is 0 Å². The van der Waals surface area contributed by atoms with Crippen LogP contribution in [0.3, 0.4) is 0 Å². The highest BCUT2D eigenvalue weighted by Crippen LogP contribution is 2.55. The standard InChI is InChI=1S/C33H45Cl2FN4O3/c1-20(8-7-9-22(35)18-36)27-28(29(41)37-23-12-14-40(15-13-23)19-32(5,6)43)39-26(17-31(2,3)4)33(27)24-11-10-21(34)16-25(24)38-30(33)42/h7-11,16,23,26-28,39,43H,1,12-15,17-19H2,2-6H3,(H,37,41)(H,38,42)/b8-7-,22-9+/t26-,27+,28-,33+/m1/s1. The Kier molecular flexibility index (Phi) is 10.2.